The summed E-state index contributed by atoms with van der Waals surface area (Å²) in [5, 5.41) is 14.1. The summed E-state index contributed by atoms with van der Waals surface area (Å²) < 4.78 is 1.97. The summed E-state index contributed by atoms with van der Waals surface area (Å²) in [4.78, 5) is 23.5. The van der Waals surface area contributed by atoms with Crippen molar-refractivity contribution in [3.8, 4) is 0 Å². The van der Waals surface area contributed by atoms with Gasteiger partial charge in [0.05, 0.1) is 6.04 Å². The molecule has 0 saturated heterocycles. The van der Waals surface area contributed by atoms with Crippen LogP contribution >= 0.6 is 0 Å². The fourth-order valence-corrected chi connectivity index (χ4v) is 5.62. The second-order valence-corrected chi connectivity index (χ2v) is 10.2. The Kier molecular flexibility index (Phi) is 6.79. The molecule has 3 heterocycles. The number of aromatic amines is 1. The third-order valence-electron chi connectivity index (χ3n) is 7.46. The van der Waals surface area contributed by atoms with Crippen LogP contribution in [0.5, 0.6) is 0 Å². The zero-order valence-corrected chi connectivity index (χ0v) is 21.5. The highest BCUT2D eigenvalue weighted by molar-refractivity contribution is 5.79. The number of aryl methyl sites for hydroxylation is 1. The van der Waals surface area contributed by atoms with Crippen LogP contribution in [-0.4, -0.2) is 35.1 Å². The number of H-pyrrole nitrogens is 1. The molecule has 5 aromatic rings. The average Bonchev–Trinajstić information content (AvgIpc) is 3.63. The largest absolute Gasteiger partial charge is 0.322 e. The molecule has 2 aromatic carbocycles. The Morgan fingerprint density at radius 2 is 1.79 bits per heavy atom. The molecule has 192 valence electrons. The van der Waals surface area contributed by atoms with Gasteiger partial charge in [-0.2, -0.15) is 0 Å². The van der Waals surface area contributed by atoms with Crippen molar-refractivity contribution < 1.29 is 0 Å². The maximum absolute atomic E-state index is 13.7. The van der Waals surface area contributed by atoms with Gasteiger partial charge in [0.25, 0.3) is 5.56 Å². The molecule has 0 bridgehead atoms. The lowest BCUT2D eigenvalue weighted by Crippen LogP contribution is -2.35. The van der Waals surface area contributed by atoms with Gasteiger partial charge in [0.2, 0.25) is 0 Å². The minimum atomic E-state index is -0.459. The summed E-state index contributed by atoms with van der Waals surface area (Å²) in [5.41, 5.74) is 4.67. The minimum absolute atomic E-state index is 0.128. The van der Waals surface area contributed by atoms with Crippen molar-refractivity contribution in [2.75, 3.05) is 0 Å². The molecule has 8 nitrogen and oxygen atoms in total. The van der Waals surface area contributed by atoms with Crippen molar-refractivity contribution in [2.24, 2.45) is 0 Å². The van der Waals surface area contributed by atoms with Gasteiger partial charge in [0.1, 0.15) is 6.04 Å². The van der Waals surface area contributed by atoms with Crippen LogP contribution in [0.3, 0.4) is 0 Å². The highest BCUT2D eigenvalue weighted by Crippen LogP contribution is 2.35. The van der Waals surface area contributed by atoms with Crippen LogP contribution in [0, 0.1) is 6.92 Å². The molecule has 0 aliphatic heterocycles. The van der Waals surface area contributed by atoms with E-state index in [1.807, 2.05) is 53.3 Å². The molecule has 1 unspecified atom stereocenters. The molecule has 1 aliphatic rings. The van der Waals surface area contributed by atoms with Crippen LogP contribution in [0.1, 0.15) is 65.8 Å². The third-order valence-corrected chi connectivity index (χ3v) is 7.46. The fourth-order valence-electron chi connectivity index (χ4n) is 5.62. The lowest BCUT2D eigenvalue weighted by atomic mass is 10.0. The smallest absolute Gasteiger partial charge is 0.253 e. The molecule has 38 heavy (non-hydrogen) atoms. The average molecular weight is 506 g/mol. The number of rotatable bonds is 8. The van der Waals surface area contributed by atoms with E-state index in [0.717, 1.165) is 53.3 Å². The highest BCUT2D eigenvalue weighted by atomic mass is 16.1. The molecular formula is C30H31N7O. The Morgan fingerprint density at radius 3 is 2.58 bits per heavy atom. The molecular weight excluding hydrogens is 474 g/mol. The molecule has 0 amide bonds. The fraction of sp³-hybridized carbons (Fsp3) is 0.300. The summed E-state index contributed by atoms with van der Waals surface area (Å²) in [6.07, 6.45) is 8.06. The van der Waals surface area contributed by atoms with Gasteiger partial charge in [-0.3, -0.25) is 14.7 Å². The van der Waals surface area contributed by atoms with Gasteiger partial charge in [-0.15, -0.1) is 5.10 Å². The van der Waals surface area contributed by atoms with E-state index in [4.69, 9.17) is 0 Å². The second-order valence-electron chi connectivity index (χ2n) is 10.2. The molecule has 1 aliphatic carbocycles. The molecule has 1 fully saturated rings. The van der Waals surface area contributed by atoms with Crippen molar-refractivity contribution >= 4 is 10.9 Å². The Morgan fingerprint density at radius 1 is 1.00 bits per heavy atom. The second kappa shape index (κ2) is 10.7. The number of tetrazole rings is 1. The van der Waals surface area contributed by atoms with Gasteiger partial charge in [0, 0.05) is 36.6 Å². The van der Waals surface area contributed by atoms with Crippen molar-refractivity contribution in [1.29, 1.82) is 0 Å². The third kappa shape index (κ3) is 4.99. The Bertz CT molecular complexity index is 1530. The molecule has 1 atom stereocenters. The number of hydrogen-bond donors (Lipinski definition) is 1. The Balaban J connectivity index is 1.54. The van der Waals surface area contributed by atoms with Gasteiger partial charge in [-0.1, -0.05) is 60.9 Å². The van der Waals surface area contributed by atoms with Crippen molar-refractivity contribution in [1.82, 2.24) is 35.1 Å². The Labute approximate surface area is 221 Å². The molecule has 0 spiro atoms. The number of aromatic nitrogens is 6. The van der Waals surface area contributed by atoms with E-state index < -0.39 is 6.04 Å². The lowest BCUT2D eigenvalue weighted by molar-refractivity contribution is 0.190. The van der Waals surface area contributed by atoms with Crippen LogP contribution in [0.2, 0.25) is 0 Å². The van der Waals surface area contributed by atoms with Gasteiger partial charge >= 0.3 is 0 Å². The normalized spacial score (nSPS) is 14.9. The zero-order chi connectivity index (χ0) is 25.9. The molecule has 8 heteroatoms. The molecule has 0 radical (unpaired) electrons. The first kappa shape index (κ1) is 24.2. The van der Waals surface area contributed by atoms with E-state index >= 15 is 0 Å². The summed E-state index contributed by atoms with van der Waals surface area (Å²) in [7, 11) is 0. The van der Waals surface area contributed by atoms with Gasteiger partial charge in [-0.25, -0.2) is 4.68 Å². The standard InChI is InChI=1S/C30H31N7O/c1-21-13-14-27-24(16-21)17-26(30(38)32-27)28(29-33-34-35-37(29)25-11-5-6-12-25)36(19-22-8-3-2-4-9-22)20-23-10-7-15-31-18-23/h2-4,7-10,13-18,25,28H,5-6,11-12,19-20H2,1H3,(H,32,38). The molecule has 3 aromatic heterocycles. The van der Waals surface area contributed by atoms with E-state index in [9.17, 15) is 4.79 Å². The van der Waals surface area contributed by atoms with Crippen LogP contribution in [-0.2, 0) is 13.1 Å². The molecule has 1 N–H and O–H groups in total. The van der Waals surface area contributed by atoms with Gasteiger partial charge < -0.3 is 4.98 Å². The van der Waals surface area contributed by atoms with Crippen LogP contribution < -0.4 is 5.56 Å². The number of nitrogens with zero attached hydrogens (tertiary/aromatic N) is 6. The van der Waals surface area contributed by atoms with Crippen molar-refractivity contribution in [3.63, 3.8) is 0 Å². The van der Waals surface area contributed by atoms with E-state index in [-0.39, 0.29) is 11.6 Å². The van der Waals surface area contributed by atoms with Crippen molar-refractivity contribution in [3.05, 3.63) is 118 Å². The number of fused-ring (bicyclic) bond motifs is 1. The first-order valence-electron chi connectivity index (χ1n) is 13.2. The minimum Gasteiger partial charge on any atom is -0.322 e. The number of pyridine rings is 2. The number of benzene rings is 2. The highest BCUT2D eigenvalue weighted by Gasteiger charge is 2.33. The molecule has 6 rings (SSSR count). The lowest BCUT2D eigenvalue weighted by Gasteiger charge is -2.31. The van der Waals surface area contributed by atoms with Crippen molar-refractivity contribution in [2.45, 2.75) is 57.8 Å². The van der Waals surface area contributed by atoms with Gasteiger partial charge in [0.15, 0.2) is 5.82 Å². The number of nitrogens with one attached hydrogen (secondary N) is 1. The monoisotopic (exact) mass is 505 g/mol. The predicted octanol–water partition coefficient (Wildman–Crippen LogP) is 5.12. The van der Waals surface area contributed by atoms with Gasteiger partial charge in [-0.05, 0) is 71.0 Å². The summed E-state index contributed by atoms with van der Waals surface area (Å²) >= 11 is 0. The first-order valence-corrected chi connectivity index (χ1v) is 13.2. The predicted molar refractivity (Wildman–Crippen MR) is 146 cm³/mol. The van der Waals surface area contributed by atoms with E-state index in [2.05, 4.69) is 61.6 Å². The quantitative estimate of drug-likeness (QED) is 0.315. The van der Waals surface area contributed by atoms with E-state index in [1.54, 1.807) is 6.20 Å². The SMILES string of the molecule is Cc1ccc2[nH]c(=O)c(C(c3nnnn3C3CCCC3)N(Cc3ccccc3)Cc3cccnc3)cc2c1. The summed E-state index contributed by atoms with van der Waals surface area (Å²) in [6.45, 7) is 3.26. The first-order chi connectivity index (χ1) is 18.7. The Hall–Kier alpha value is -4.17. The summed E-state index contributed by atoms with van der Waals surface area (Å²) in [6, 6.07) is 22.2. The van der Waals surface area contributed by atoms with E-state index in [0.29, 0.717) is 24.5 Å². The van der Waals surface area contributed by atoms with Crippen LogP contribution in [0.15, 0.2) is 83.9 Å². The zero-order valence-electron chi connectivity index (χ0n) is 21.5. The number of hydrogen-bond acceptors (Lipinski definition) is 6. The maximum Gasteiger partial charge on any atom is 0.253 e. The molecule has 1 saturated carbocycles. The summed E-state index contributed by atoms with van der Waals surface area (Å²) in [5.74, 6) is 0.703. The maximum atomic E-state index is 13.7. The van der Waals surface area contributed by atoms with E-state index in [1.165, 1.54) is 0 Å². The van der Waals surface area contributed by atoms with Crippen LogP contribution in [0.25, 0.3) is 10.9 Å². The van der Waals surface area contributed by atoms with Crippen LogP contribution in [0.4, 0.5) is 0 Å². The topological polar surface area (TPSA) is 92.6 Å².